The van der Waals surface area contributed by atoms with Gasteiger partial charge in [-0.2, -0.15) is 0 Å². The molecule has 0 fully saturated rings. The highest BCUT2D eigenvalue weighted by molar-refractivity contribution is 5.93. The van der Waals surface area contributed by atoms with Gasteiger partial charge in [-0.15, -0.1) is 0 Å². The summed E-state index contributed by atoms with van der Waals surface area (Å²) in [6, 6.07) is 3.38. The van der Waals surface area contributed by atoms with Crippen molar-refractivity contribution in [2.24, 2.45) is 0 Å². The fraction of sp³-hybridized carbons (Fsp3) is 0.250. The Morgan fingerprint density at radius 3 is 2.88 bits per heavy atom. The summed E-state index contributed by atoms with van der Waals surface area (Å²) in [6.45, 7) is 0.631. The average molecular weight is 231 g/mol. The number of hydrogen-bond acceptors (Lipinski definition) is 4. The van der Waals surface area contributed by atoms with E-state index in [9.17, 15) is 4.79 Å². The predicted octanol–water partition coefficient (Wildman–Crippen LogP) is 1.43. The van der Waals surface area contributed by atoms with Gasteiger partial charge < -0.3 is 9.84 Å². The summed E-state index contributed by atoms with van der Waals surface area (Å²) in [5, 5.41) is 6.46. The van der Waals surface area contributed by atoms with Gasteiger partial charge in [0.2, 0.25) is 0 Å². The van der Waals surface area contributed by atoms with Crippen LogP contribution in [0.2, 0.25) is 0 Å². The monoisotopic (exact) mass is 231 g/mol. The molecule has 1 amide bonds. The van der Waals surface area contributed by atoms with E-state index in [2.05, 4.69) is 15.5 Å². The van der Waals surface area contributed by atoms with Gasteiger partial charge in [-0.25, -0.2) is 0 Å². The van der Waals surface area contributed by atoms with Crippen molar-refractivity contribution in [1.82, 2.24) is 15.5 Å². The summed E-state index contributed by atoms with van der Waals surface area (Å²) in [6.07, 6.45) is 8.21. The molecule has 0 spiro atoms. The van der Waals surface area contributed by atoms with Crippen LogP contribution in [0.1, 0.15) is 22.3 Å². The van der Waals surface area contributed by atoms with Crippen molar-refractivity contribution < 1.29 is 9.32 Å². The molecule has 0 saturated carbocycles. The van der Waals surface area contributed by atoms with Gasteiger partial charge >= 0.3 is 0 Å². The maximum Gasteiger partial charge on any atom is 0.251 e. The highest BCUT2D eigenvalue weighted by Crippen LogP contribution is 2.00. The second-order valence-corrected chi connectivity index (χ2v) is 3.63. The van der Waals surface area contributed by atoms with Crippen molar-refractivity contribution in [2.75, 3.05) is 6.54 Å². The molecule has 0 radical (unpaired) electrons. The number of aryl methyl sites for hydroxylation is 1. The minimum Gasteiger partial charge on any atom is -0.364 e. The van der Waals surface area contributed by atoms with Gasteiger partial charge in [-0.05, 0) is 25.0 Å². The molecule has 17 heavy (non-hydrogen) atoms. The van der Waals surface area contributed by atoms with Crippen molar-refractivity contribution in [3.05, 3.63) is 48.1 Å². The van der Waals surface area contributed by atoms with Crippen molar-refractivity contribution >= 4 is 5.91 Å². The highest BCUT2D eigenvalue weighted by Gasteiger charge is 2.03. The lowest BCUT2D eigenvalue weighted by Crippen LogP contribution is -2.24. The number of pyridine rings is 1. The fourth-order valence-corrected chi connectivity index (χ4v) is 1.45. The summed E-state index contributed by atoms with van der Waals surface area (Å²) in [5.74, 6) is -0.0716. The average Bonchev–Trinajstić information content (AvgIpc) is 2.88. The lowest BCUT2D eigenvalue weighted by molar-refractivity contribution is 0.0953. The minimum atomic E-state index is -0.0716. The molecular formula is C12H13N3O2. The molecule has 0 unspecified atom stereocenters. The van der Waals surface area contributed by atoms with E-state index in [1.54, 1.807) is 37.0 Å². The summed E-state index contributed by atoms with van der Waals surface area (Å²) in [4.78, 5) is 15.5. The van der Waals surface area contributed by atoms with Crippen molar-refractivity contribution in [2.45, 2.75) is 12.8 Å². The van der Waals surface area contributed by atoms with Crippen LogP contribution < -0.4 is 5.32 Å². The first-order valence-electron chi connectivity index (χ1n) is 5.43. The lowest BCUT2D eigenvalue weighted by atomic mass is 10.2. The molecule has 0 aliphatic rings. The number of aromatic nitrogens is 2. The molecule has 2 rings (SSSR count). The quantitative estimate of drug-likeness (QED) is 0.790. The third-order valence-electron chi connectivity index (χ3n) is 2.35. The molecule has 0 aliphatic carbocycles. The second kappa shape index (κ2) is 5.79. The van der Waals surface area contributed by atoms with E-state index in [4.69, 9.17) is 4.52 Å². The molecule has 5 heteroatoms. The van der Waals surface area contributed by atoms with Gasteiger partial charge in [-0.3, -0.25) is 9.78 Å². The topological polar surface area (TPSA) is 68.0 Å². The largest absolute Gasteiger partial charge is 0.364 e. The lowest BCUT2D eigenvalue weighted by Gasteiger charge is -2.03. The zero-order chi connectivity index (χ0) is 11.9. The van der Waals surface area contributed by atoms with Gasteiger partial charge in [-0.1, -0.05) is 5.16 Å². The van der Waals surface area contributed by atoms with E-state index in [1.165, 1.54) is 0 Å². The van der Waals surface area contributed by atoms with Crippen LogP contribution in [0.15, 0.2) is 41.5 Å². The Balaban J connectivity index is 1.70. The van der Waals surface area contributed by atoms with Gasteiger partial charge in [0.05, 0.1) is 6.20 Å². The van der Waals surface area contributed by atoms with Crippen LogP contribution in [0.5, 0.6) is 0 Å². The molecule has 0 bridgehead atoms. The Bertz CT molecular complexity index is 454. The molecular weight excluding hydrogens is 218 g/mol. The molecule has 88 valence electrons. The second-order valence-electron chi connectivity index (χ2n) is 3.63. The number of carbonyl (C=O) groups is 1. The maximum atomic E-state index is 11.6. The molecule has 2 aromatic rings. The molecule has 5 nitrogen and oxygen atoms in total. The smallest absolute Gasteiger partial charge is 0.251 e. The van der Waals surface area contributed by atoms with E-state index in [0.29, 0.717) is 12.1 Å². The molecule has 0 saturated heterocycles. The van der Waals surface area contributed by atoms with Gasteiger partial charge in [0.15, 0.2) is 0 Å². The Morgan fingerprint density at radius 1 is 1.35 bits per heavy atom. The minimum absolute atomic E-state index is 0.0716. The van der Waals surface area contributed by atoms with Crippen LogP contribution in [-0.2, 0) is 6.42 Å². The van der Waals surface area contributed by atoms with Crippen LogP contribution >= 0.6 is 0 Å². The number of nitrogens with one attached hydrogen (secondary N) is 1. The molecule has 0 aromatic carbocycles. The predicted molar refractivity (Wildman–Crippen MR) is 61.4 cm³/mol. The first-order valence-corrected chi connectivity index (χ1v) is 5.43. The fourth-order valence-electron chi connectivity index (χ4n) is 1.45. The zero-order valence-electron chi connectivity index (χ0n) is 9.30. The third kappa shape index (κ3) is 3.41. The Hall–Kier alpha value is -2.17. The summed E-state index contributed by atoms with van der Waals surface area (Å²) < 4.78 is 4.72. The van der Waals surface area contributed by atoms with E-state index in [-0.39, 0.29) is 5.91 Å². The van der Waals surface area contributed by atoms with E-state index < -0.39 is 0 Å². The normalized spacial score (nSPS) is 10.1. The number of amides is 1. The van der Waals surface area contributed by atoms with Crippen LogP contribution in [0.4, 0.5) is 0 Å². The van der Waals surface area contributed by atoms with Gasteiger partial charge in [0.25, 0.3) is 5.91 Å². The van der Waals surface area contributed by atoms with Crippen LogP contribution in [0.3, 0.4) is 0 Å². The Labute approximate surface area is 98.8 Å². The standard InChI is InChI=1S/C12H13N3O2/c16-12(11-3-6-13-7-4-11)14-5-1-2-10-8-15-17-9-10/h3-4,6-9H,1-2,5H2,(H,14,16). The Morgan fingerprint density at radius 2 is 2.18 bits per heavy atom. The number of hydrogen-bond donors (Lipinski definition) is 1. The number of rotatable bonds is 5. The molecule has 2 aromatic heterocycles. The molecule has 0 aliphatic heterocycles. The van der Waals surface area contributed by atoms with E-state index >= 15 is 0 Å². The Kier molecular flexibility index (Phi) is 3.85. The van der Waals surface area contributed by atoms with Crippen molar-refractivity contribution in [3.8, 4) is 0 Å². The summed E-state index contributed by atoms with van der Waals surface area (Å²) in [5.41, 5.74) is 1.67. The van der Waals surface area contributed by atoms with E-state index in [0.717, 1.165) is 18.4 Å². The number of nitrogens with zero attached hydrogens (tertiary/aromatic N) is 2. The van der Waals surface area contributed by atoms with Crippen LogP contribution in [-0.4, -0.2) is 22.6 Å². The molecule has 0 atom stereocenters. The third-order valence-corrected chi connectivity index (χ3v) is 2.35. The first kappa shape index (κ1) is 11.3. The van der Waals surface area contributed by atoms with Crippen molar-refractivity contribution in [1.29, 1.82) is 0 Å². The first-order chi connectivity index (χ1) is 8.36. The summed E-state index contributed by atoms with van der Waals surface area (Å²) >= 11 is 0. The van der Waals surface area contributed by atoms with Crippen LogP contribution in [0, 0.1) is 0 Å². The van der Waals surface area contributed by atoms with Gasteiger partial charge in [0, 0.05) is 30.1 Å². The van der Waals surface area contributed by atoms with Gasteiger partial charge in [0.1, 0.15) is 6.26 Å². The van der Waals surface area contributed by atoms with Crippen molar-refractivity contribution in [3.63, 3.8) is 0 Å². The molecule has 1 N–H and O–H groups in total. The molecule has 2 heterocycles. The summed E-state index contributed by atoms with van der Waals surface area (Å²) in [7, 11) is 0. The SMILES string of the molecule is O=C(NCCCc1cnoc1)c1ccncc1. The zero-order valence-corrected chi connectivity index (χ0v) is 9.30. The number of carbonyl (C=O) groups excluding carboxylic acids is 1. The maximum absolute atomic E-state index is 11.6. The highest BCUT2D eigenvalue weighted by atomic mass is 16.5. The van der Waals surface area contributed by atoms with Crippen LogP contribution in [0.25, 0.3) is 0 Å². The van der Waals surface area contributed by atoms with E-state index in [1.807, 2.05) is 0 Å².